The Balaban J connectivity index is 4.92. The molecule has 0 saturated carbocycles. The average Bonchev–Trinajstić information content (AvgIpc) is 2.33. The van der Waals surface area contributed by atoms with Gasteiger partial charge in [-0.3, -0.25) is 9.59 Å². The van der Waals surface area contributed by atoms with E-state index in [2.05, 4.69) is 10.1 Å². The number of ether oxygens (including phenoxy) is 1. The molecule has 2 atom stereocenters. The molecule has 6 heteroatoms. The van der Waals surface area contributed by atoms with E-state index < -0.39 is 29.3 Å². The van der Waals surface area contributed by atoms with Crippen molar-refractivity contribution in [1.82, 2.24) is 5.32 Å². The highest BCUT2D eigenvalue weighted by atomic mass is 16.5. The number of amides is 1. The van der Waals surface area contributed by atoms with Crippen LogP contribution in [0.2, 0.25) is 0 Å². The first-order valence-electron chi connectivity index (χ1n) is 6.66. The van der Waals surface area contributed by atoms with E-state index in [-0.39, 0.29) is 18.3 Å². The Bertz CT molecular complexity index is 378. The molecule has 0 saturated heterocycles. The minimum atomic E-state index is -1.16. The molecule has 6 nitrogen and oxygen atoms in total. The lowest BCUT2D eigenvalue weighted by atomic mass is 9.76. The summed E-state index contributed by atoms with van der Waals surface area (Å²) in [4.78, 5) is 34.9. The van der Waals surface area contributed by atoms with Crippen LogP contribution in [0.3, 0.4) is 0 Å². The van der Waals surface area contributed by atoms with Crippen molar-refractivity contribution in [2.75, 3.05) is 7.11 Å². The third-order valence-electron chi connectivity index (χ3n) is 3.73. The number of esters is 1. The summed E-state index contributed by atoms with van der Waals surface area (Å²) in [6.07, 6.45) is -0.180. The lowest BCUT2D eigenvalue weighted by molar-refractivity contribution is -0.154. The van der Waals surface area contributed by atoms with Gasteiger partial charge in [0.1, 0.15) is 6.04 Å². The van der Waals surface area contributed by atoms with Crippen LogP contribution in [0.1, 0.15) is 41.0 Å². The molecule has 0 aromatic heterocycles. The number of hydrogen-bond donors (Lipinski definition) is 2. The highest BCUT2D eigenvalue weighted by Gasteiger charge is 2.39. The fraction of sp³-hybridized carbons (Fsp3) is 0.786. The second-order valence-corrected chi connectivity index (χ2v) is 5.87. The quantitative estimate of drug-likeness (QED) is 0.691. The minimum Gasteiger partial charge on any atom is -0.481 e. The zero-order chi connectivity index (χ0) is 16.1. The summed E-state index contributed by atoms with van der Waals surface area (Å²) in [5.41, 5.74) is -1.16. The van der Waals surface area contributed by atoms with Crippen molar-refractivity contribution >= 4 is 17.8 Å². The van der Waals surface area contributed by atoms with Crippen molar-refractivity contribution < 1.29 is 24.2 Å². The van der Waals surface area contributed by atoms with E-state index >= 15 is 0 Å². The van der Waals surface area contributed by atoms with Gasteiger partial charge in [0.05, 0.1) is 12.5 Å². The molecule has 0 rings (SSSR count). The molecule has 0 radical (unpaired) electrons. The number of carbonyl (C=O) groups excluding carboxylic acids is 2. The second-order valence-electron chi connectivity index (χ2n) is 5.87. The standard InChI is InChI=1S/C14H25NO5/c1-8(2)11(12(17)20-6)15-10(16)7-14(5,9(3)4)13(18)19/h8-9,11H,7H2,1-6H3,(H,15,16)(H,18,19)/t11-,14?/m0/s1. The van der Waals surface area contributed by atoms with Crippen molar-refractivity contribution in [3.05, 3.63) is 0 Å². The Morgan fingerprint density at radius 3 is 2.00 bits per heavy atom. The summed E-state index contributed by atoms with van der Waals surface area (Å²) in [5.74, 6) is -2.37. The van der Waals surface area contributed by atoms with Crippen molar-refractivity contribution in [3.8, 4) is 0 Å². The Hall–Kier alpha value is -1.59. The summed E-state index contributed by atoms with van der Waals surface area (Å²) in [7, 11) is 1.25. The molecule has 0 fully saturated rings. The maximum atomic E-state index is 12.0. The normalized spacial score (nSPS) is 15.6. The van der Waals surface area contributed by atoms with E-state index in [1.54, 1.807) is 27.7 Å². The summed E-state index contributed by atoms with van der Waals surface area (Å²) >= 11 is 0. The molecule has 0 bridgehead atoms. The number of rotatable bonds is 7. The Morgan fingerprint density at radius 2 is 1.70 bits per heavy atom. The van der Waals surface area contributed by atoms with Gasteiger partial charge in [-0.1, -0.05) is 27.7 Å². The number of nitrogens with one attached hydrogen (secondary N) is 1. The Kier molecular flexibility index (Phi) is 6.68. The van der Waals surface area contributed by atoms with Gasteiger partial charge in [0.2, 0.25) is 5.91 Å². The predicted molar refractivity (Wildman–Crippen MR) is 74.0 cm³/mol. The van der Waals surface area contributed by atoms with Crippen LogP contribution in [0.4, 0.5) is 0 Å². The maximum absolute atomic E-state index is 12.0. The molecule has 116 valence electrons. The van der Waals surface area contributed by atoms with Crippen molar-refractivity contribution in [1.29, 1.82) is 0 Å². The largest absolute Gasteiger partial charge is 0.481 e. The molecule has 0 aliphatic heterocycles. The molecular weight excluding hydrogens is 262 g/mol. The van der Waals surface area contributed by atoms with Crippen molar-refractivity contribution in [2.45, 2.75) is 47.1 Å². The molecule has 20 heavy (non-hydrogen) atoms. The molecule has 0 spiro atoms. The number of carboxylic acid groups (broad SMARTS) is 1. The van der Waals surface area contributed by atoms with Gasteiger partial charge < -0.3 is 15.2 Å². The first-order chi connectivity index (χ1) is 9.06. The van der Waals surface area contributed by atoms with Gasteiger partial charge in [0, 0.05) is 6.42 Å². The molecule has 0 heterocycles. The van der Waals surface area contributed by atoms with Crippen LogP contribution in [-0.4, -0.2) is 36.1 Å². The summed E-state index contributed by atoms with van der Waals surface area (Å²) in [6.45, 7) is 8.59. The molecule has 0 aromatic rings. The van der Waals surface area contributed by atoms with Gasteiger partial charge in [-0.25, -0.2) is 4.79 Å². The number of methoxy groups -OCH3 is 1. The van der Waals surface area contributed by atoms with E-state index in [9.17, 15) is 19.5 Å². The van der Waals surface area contributed by atoms with E-state index in [1.807, 2.05) is 0 Å². The third-order valence-corrected chi connectivity index (χ3v) is 3.73. The minimum absolute atomic E-state index is 0.137. The van der Waals surface area contributed by atoms with Gasteiger partial charge in [-0.15, -0.1) is 0 Å². The number of carbonyl (C=O) groups is 3. The molecule has 1 unspecified atom stereocenters. The second kappa shape index (κ2) is 7.26. The van der Waals surface area contributed by atoms with Crippen LogP contribution >= 0.6 is 0 Å². The van der Waals surface area contributed by atoms with E-state index in [0.29, 0.717) is 0 Å². The van der Waals surface area contributed by atoms with Crippen molar-refractivity contribution in [2.24, 2.45) is 17.3 Å². The fourth-order valence-corrected chi connectivity index (χ4v) is 1.71. The van der Waals surface area contributed by atoms with Gasteiger partial charge in [0.15, 0.2) is 0 Å². The zero-order valence-electron chi connectivity index (χ0n) is 13.0. The smallest absolute Gasteiger partial charge is 0.328 e. The fourth-order valence-electron chi connectivity index (χ4n) is 1.71. The maximum Gasteiger partial charge on any atom is 0.328 e. The highest BCUT2D eigenvalue weighted by Crippen LogP contribution is 2.31. The van der Waals surface area contributed by atoms with Crippen LogP contribution in [-0.2, 0) is 19.1 Å². The van der Waals surface area contributed by atoms with Crippen LogP contribution in [0.15, 0.2) is 0 Å². The molecule has 0 aliphatic rings. The zero-order valence-corrected chi connectivity index (χ0v) is 13.0. The Morgan fingerprint density at radius 1 is 1.20 bits per heavy atom. The molecule has 0 aromatic carbocycles. The van der Waals surface area contributed by atoms with E-state index in [0.717, 1.165) is 0 Å². The SMILES string of the molecule is COC(=O)[C@@H](NC(=O)CC(C)(C(=O)O)C(C)C)C(C)C. The van der Waals surface area contributed by atoms with Crippen LogP contribution in [0.5, 0.6) is 0 Å². The van der Waals surface area contributed by atoms with Crippen LogP contribution < -0.4 is 5.32 Å². The van der Waals surface area contributed by atoms with Crippen molar-refractivity contribution in [3.63, 3.8) is 0 Å². The van der Waals surface area contributed by atoms with Crippen LogP contribution in [0, 0.1) is 17.3 Å². The first-order valence-corrected chi connectivity index (χ1v) is 6.66. The van der Waals surface area contributed by atoms with Gasteiger partial charge >= 0.3 is 11.9 Å². The first kappa shape index (κ1) is 18.4. The number of aliphatic carboxylic acids is 1. The lowest BCUT2D eigenvalue weighted by Crippen LogP contribution is -2.47. The summed E-state index contributed by atoms with van der Waals surface area (Å²) < 4.78 is 4.63. The predicted octanol–water partition coefficient (Wildman–Crippen LogP) is 1.44. The van der Waals surface area contributed by atoms with Gasteiger partial charge in [0.25, 0.3) is 0 Å². The van der Waals surface area contributed by atoms with Crippen LogP contribution in [0.25, 0.3) is 0 Å². The van der Waals surface area contributed by atoms with Gasteiger partial charge in [-0.05, 0) is 18.8 Å². The molecule has 0 aliphatic carbocycles. The number of carboxylic acids is 1. The molecule has 2 N–H and O–H groups in total. The van der Waals surface area contributed by atoms with E-state index in [1.165, 1.54) is 14.0 Å². The summed E-state index contributed by atoms with van der Waals surface area (Å²) in [6, 6.07) is -0.766. The monoisotopic (exact) mass is 287 g/mol. The summed E-state index contributed by atoms with van der Waals surface area (Å²) in [5, 5.41) is 11.8. The molecule has 1 amide bonds. The van der Waals surface area contributed by atoms with E-state index in [4.69, 9.17) is 0 Å². The van der Waals surface area contributed by atoms with Gasteiger partial charge in [-0.2, -0.15) is 0 Å². The number of hydrogen-bond acceptors (Lipinski definition) is 4. The third kappa shape index (κ3) is 4.51. The molecular formula is C14H25NO5. The topological polar surface area (TPSA) is 92.7 Å². The lowest BCUT2D eigenvalue weighted by Gasteiger charge is -2.29. The average molecular weight is 287 g/mol. The highest BCUT2D eigenvalue weighted by molar-refractivity contribution is 5.88. The Labute approximate surface area is 119 Å².